The van der Waals surface area contributed by atoms with E-state index in [0.717, 1.165) is 11.1 Å². The van der Waals surface area contributed by atoms with Crippen LogP contribution in [0.1, 0.15) is 16.8 Å². The van der Waals surface area contributed by atoms with Crippen LogP contribution in [-0.2, 0) is 4.79 Å². The molecule has 34 heavy (non-hydrogen) atoms. The maximum absolute atomic E-state index is 10.5. The lowest BCUT2D eigenvalue weighted by Crippen LogP contribution is -2.37. The Hall–Kier alpha value is -4.33. The van der Waals surface area contributed by atoms with Gasteiger partial charge in [-0.1, -0.05) is 36.4 Å². The van der Waals surface area contributed by atoms with E-state index >= 15 is 0 Å². The highest BCUT2D eigenvalue weighted by Gasteiger charge is 2.33. The molecule has 0 saturated heterocycles. The predicted molar refractivity (Wildman–Crippen MR) is 118 cm³/mol. The number of alkyl halides is 3. The van der Waals surface area contributed by atoms with Crippen molar-refractivity contribution in [2.75, 3.05) is 7.11 Å². The quantitative estimate of drug-likeness (QED) is 0.400. The van der Waals surface area contributed by atoms with Crippen molar-refractivity contribution in [1.29, 1.82) is 0 Å². The molecule has 0 amide bonds. The summed E-state index contributed by atoms with van der Waals surface area (Å²) in [5, 5.41) is 21.4. The van der Waals surface area contributed by atoms with Crippen LogP contribution in [0.25, 0.3) is 28.1 Å². The molecular formula is C26H18F3NO4. The lowest BCUT2D eigenvalue weighted by Gasteiger charge is -2.05. The van der Waals surface area contributed by atoms with Crippen LogP contribution < -0.4 is 14.4 Å². The number of aromatic hydroxyl groups is 1. The molecule has 0 radical (unpaired) electrons. The number of phenolic OH excluding ortho intramolecular Hbond substituents is 1. The highest BCUT2D eigenvalue weighted by molar-refractivity contribution is 6.02. The van der Waals surface area contributed by atoms with E-state index in [1.807, 2.05) is 6.07 Å². The van der Waals surface area contributed by atoms with E-state index in [1.54, 1.807) is 19.2 Å². The number of rotatable bonds is 2. The van der Waals surface area contributed by atoms with Gasteiger partial charge in [0.2, 0.25) is 11.4 Å². The fourth-order valence-electron chi connectivity index (χ4n) is 3.84. The summed E-state index contributed by atoms with van der Waals surface area (Å²) in [6.45, 7) is 0. The molecule has 5 nitrogen and oxygen atoms in total. The number of hydrogen-bond donors (Lipinski definition) is 1. The minimum atomic E-state index is -5.19. The third-order valence-corrected chi connectivity index (χ3v) is 5.31. The number of carbonyl (C=O) groups is 1. The number of nitrogens with zero attached hydrogens (tertiary/aromatic N) is 1. The fraction of sp³-hybridized carbons (Fsp3) is 0.0769. The van der Waals surface area contributed by atoms with Crippen LogP contribution in [0.2, 0.25) is 0 Å². The average Bonchev–Trinajstić information content (AvgIpc) is 3.13. The Labute approximate surface area is 192 Å². The first-order valence-electron chi connectivity index (χ1n) is 10.1. The topological polar surface area (TPSA) is 73.5 Å². The van der Waals surface area contributed by atoms with Gasteiger partial charge in [0.15, 0.2) is 17.7 Å². The van der Waals surface area contributed by atoms with Gasteiger partial charge in [-0.2, -0.15) is 17.7 Å². The van der Waals surface area contributed by atoms with Gasteiger partial charge in [-0.3, -0.25) is 0 Å². The number of aromatic nitrogens is 1. The Morgan fingerprint density at radius 3 is 2.38 bits per heavy atom. The number of para-hydroxylation sites is 1. The first-order valence-corrected chi connectivity index (χ1v) is 10.1. The van der Waals surface area contributed by atoms with Gasteiger partial charge in [0.25, 0.3) is 0 Å². The number of hydrogen-bond acceptors (Lipinski definition) is 4. The Bertz CT molecular complexity index is 1430. The van der Waals surface area contributed by atoms with Crippen molar-refractivity contribution in [3.8, 4) is 17.2 Å². The summed E-state index contributed by atoms with van der Waals surface area (Å²) >= 11 is 0. The monoisotopic (exact) mass is 465 g/mol. The number of phenols is 1. The van der Waals surface area contributed by atoms with Crippen molar-refractivity contribution in [2.24, 2.45) is 0 Å². The van der Waals surface area contributed by atoms with E-state index < -0.39 is 12.1 Å². The average molecular weight is 465 g/mol. The molecular weight excluding hydrogens is 447 g/mol. The molecule has 0 spiro atoms. The van der Waals surface area contributed by atoms with Crippen LogP contribution in [-0.4, -0.2) is 24.4 Å². The molecule has 0 aliphatic carbocycles. The minimum absolute atomic E-state index is 0.143. The van der Waals surface area contributed by atoms with E-state index in [9.17, 15) is 18.3 Å². The van der Waals surface area contributed by atoms with Crippen molar-refractivity contribution in [3.05, 3.63) is 95.8 Å². The number of ether oxygens (including phenoxy) is 1. The van der Waals surface area contributed by atoms with E-state index in [4.69, 9.17) is 14.6 Å². The third-order valence-electron chi connectivity index (χ3n) is 5.31. The van der Waals surface area contributed by atoms with Gasteiger partial charge in [0.05, 0.1) is 23.6 Å². The van der Waals surface area contributed by atoms with Crippen LogP contribution in [0.5, 0.6) is 11.5 Å². The van der Waals surface area contributed by atoms with Crippen molar-refractivity contribution < 1.29 is 37.5 Å². The lowest BCUT2D eigenvalue weighted by atomic mass is 9.98. The zero-order chi connectivity index (χ0) is 24.5. The van der Waals surface area contributed by atoms with Gasteiger partial charge in [-0.15, -0.1) is 0 Å². The number of methoxy groups -OCH3 is 1. The minimum Gasteiger partial charge on any atom is -0.542 e. The molecule has 2 heterocycles. The Kier molecular flexibility index (Phi) is 5.98. The van der Waals surface area contributed by atoms with E-state index in [2.05, 4.69) is 71.4 Å². The van der Waals surface area contributed by atoms with Crippen molar-refractivity contribution in [2.45, 2.75) is 6.18 Å². The first-order chi connectivity index (χ1) is 16.2. The number of aliphatic carboxylic acids is 1. The standard InChI is InChI=1S/C24H17NO2.C2HF3O2/c1-27-23-11-10-16(15-22(23)26)14-20-19-8-4-5-9-21(19)25-13-12-17-6-2-3-7-18(17)24(20)25;3-2(4,5)1(6)7/h2-15H,1H3;(H,6,7)/b20-14+;. The van der Waals surface area contributed by atoms with Crippen LogP contribution in [0.3, 0.4) is 0 Å². The molecule has 1 N–H and O–H groups in total. The van der Waals surface area contributed by atoms with E-state index in [-0.39, 0.29) is 5.75 Å². The maximum atomic E-state index is 10.5. The lowest BCUT2D eigenvalue weighted by molar-refractivity contribution is -0.592. The largest absolute Gasteiger partial charge is 0.542 e. The number of pyridine rings is 1. The summed E-state index contributed by atoms with van der Waals surface area (Å²) in [6.07, 6.45) is -0.938. The molecule has 0 fully saturated rings. The molecule has 172 valence electrons. The van der Waals surface area contributed by atoms with Gasteiger partial charge in [0, 0.05) is 12.1 Å². The summed E-state index contributed by atoms with van der Waals surface area (Å²) in [5.74, 6) is -2.39. The van der Waals surface area contributed by atoms with Crippen LogP contribution in [0, 0.1) is 0 Å². The molecule has 4 aromatic rings. The van der Waals surface area contributed by atoms with Crippen molar-refractivity contribution >= 4 is 28.4 Å². The van der Waals surface area contributed by atoms with Gasteiger partial charge in [-0.25, -0.2) is 0 Å². The van der Waals surface area contributed by atoms with Gasteiger partial charge >= 0.3 is 6.18 Å². The molecule has 1 aliphatic rings. The normalized spacial score (nSPS) is 13.1. The molecule has 3 aromatic carbocycles. The summed E-state index contributed by atoms with van der Waals surface area (Å²) in [7, 11) is 1.55. The van der Waals surface area contributed by atoms with Gasteiger partial charge in [0.1, 0.15) is 5.97 Å². The smallest absolute Gasteiger partial charge is 0.430 e. The van der Waals surface area contributed by atoms with Gasteiger partial charge in [-0.05, 0) is 41.3 Å². The molecule has 1 aliphatic heterocycles. The molecule has 0 saturated carbocycles. The summed E-state index contributed by atoms with van der Waals surface area (Å²) in [4.78, 5) is 8.78. The van der Waals surface area contributed by atoms with E-state index in [1.165, 1.54) is 27.7 Å². The number of carbonyl (C=O) groups excluding carboxylic acids is 1. The number of halogens is 3. The van der Waals surface area contributed by atoms with Gasteiger partial charge < -0.3 is 19.7 Å². The Balaban J connectivity index is 0.000000344. The molecule has 0 atom stereocenters. The zero-order valence-electron chi connectivity index (χ0n) is 17.8. The van der Waals surface area contributed by atoms with Crippen LogP contribution in [0.4, 0.5) is 13.2 Å². The SMILES string of the molecule is COc1ccc(/C=C2\c3ccccc3-[n+]3ccc4ccccc4c32)cc1O.O=C([O-])C(F)(F)F. The number of carboxylic acids is 1. The first kappa shape index (κ1) is 22.8. The Morgan fingerprint density at radius 1 is 1.03 bits per heavy atom. The molecule has 0 bridgehead atoms. The molecule has 8 heteroatoms. The second-order valence-corrected chi connectivity index (χ2v) is 7.41. The molecule has 0 unspecified atom stereocenters. The highest BCUT2D eigenvalue weighted by Crippen LogP contribution is 2.37. The third kappa shape index (κ3) is 4.30. The summed E-state index contributed by atoms with van der Waals surface area (Å²) < 4.78 is 39.0. The number of fused-ring (bicyclic) bond motifs is 5. The van der Waals surface area contributed by atoms with Crippen molar-refractivity contribution in [1.82, 2.24) is 0 Å². The fourth-order valence-corrected chi connectivity index (χ4v) is 3.84. The molecule has 1 aromatic heterocycles. The maximum Gasteiger partial charge on any atom is 0.430 e. The summed E-state index contributed by atoms with van der Waals surface area (Å²) in [6, 6.07) is 24.5. The predicted octanol–water partition coefficient (Wildman–Crippen LogP) is 4.03. The second kappa shape index (κ2) is 8.90. The number of benzene rings is 3. The Morgan fingerprint density at radius 2 is 1.71 bits per heavy atom. The van der Waals surface area contributed by atoms with Crippen molar-refractivity contribution in [3.63, 3.8) is 0 Å². The van der Waals surface area contributed by atoms with E-state index in [0.29, 0.717) is 5.75 Å². The van der Waals surface area contributed by atoms with Crippen LogP contribution in [0.15, 0.2) is 79.0 Å². The molecule has 5 rings (SSSR count). The second-order valence-electron chi connectivity index (χ2n) is 7.41. The van der Waals surface area contributed by atoms with Crippen LogP contribution >= 0.6 is 0 Å². The zero-order valence-corrected chi connectivity index (χ0v) is 17.8. The highest BCUT2D eigenvalue weighted by atomic mass is 19.4. The summed E-state index contributed by atoms with van der Waals surface area (Å²) in [5.41, 5.74) is 5.60. The number of carboxylic acid groups (broad SMARTS) is 1.